The van der Waals surface area contributed by atoms with Crippen molar-refractivity contribution in [3.63, 3.8) is 0 Å². The molecule has 2 aromatic carbocycles. The second-order valence-corrected chi connectivity index (χ2v) is 6.40. The maximum Gasteiger partial charge on any atom is 0.238 e. The number of hydrogen-bond donors (Lipinski definition) is 2. The van der Waals surface area contributed by atoms with Crippen LogP contribution in [-0.4, -0.2) is 19.0 Å². The molecule has 0 bridgehead atoms. The lowest BCUT2D eigenvalue weighted by Crippen LogP contribution is -2.32. The molecule has 4 heteroatoms. The first-order valence-corrected chi connectivity index (χ1v) is 8.26. The van der Waals surface area contributed by atoms with Crippen LogP contribution in [0.4, 0.5) is 0 Å². The monoisotopic (exact) mass is 314 g/mol. The van der Waals surface area contributed by atoms with Crippen LogP contribution >= 0.6 is 11.8 Å². The van der Waals surface area contributed by atoms with Gasteiger partial charge in [0.1, 0.15) is 5.25 Å². The Labute approximate surface area is 136 Å². The minimum absolute atomic E-state index is 0.00150. The average Bonchev–Trinajstić information content (AvgIpc) is 2.52. The van der Waals surface area contributed by atoms with Crippen molar-refractivity contribution in [3.8, 4) is 0 Å². The predicted octanol–water partition coefficient (Wildman–Crippen LogP) is 3.21. The van der Waals surface area contributed by atoms with Crippen LogP contribution in [0.5, 0.6) is 0 Å². The maximum absolute atomic E-state index is 12.5. The van der Waals surface area contributed by atoms with Crippen LogP contribution in [0.1, 0.15) is 21.9 Å². The van der Waals surface area contributed by atoms with E-state index in [0.29, 0.717) is 13.1 Å². The van der Waals surface area contributed by atoms with E-state index < -0.39 is 0 Å². The molecule has 22 heavy (non-hydrogen) atoms. The summed E-state index contributed by atoms with van der Waals surface area (Å²) in [6.45, 7) is 5.09. The molecule has 0 aromatic heterocycles. The highest BCUT2D eigenvalue weighted by Gasteiger charge is 2.22. The third-order valence-electron chi connectivity index (χ3n) is 3.36. The number of carbonyl (C=O) groups excluding carboxylic acids is 1. The molecule has 0 aliphatic heterocycles. The number of amides is 1. The summed E-state index contributed by atoms with van der Waals surface area (Å²) in [7, 11) is 0. The zero-order valence-electron chi connectivity index (χ0n) is 13.0. The van der Waals surface area contributed by atoms with Crippen LogP contribution in [0, 0.1) is 13.8 Å². The molecule has 116 valence electrons. The standard InChI is InChI=1S/C18H22N2OS/c1-13-8-9-16(14(2)12-13)22-17(18(21)20-11-10-19)15-6-4-3-5-7-15/h3-9,12,17H,10-11,19H2,1-2H3,(H,20,21). The van der Waals surface area contributed by atoms with Crippen LogP contribution in [0.3, 0.4) is 0 Å². The first kappa shape index (κ1) is 16.6. The third-order valence-corrected chi connectivity index (χ3v) is 4.79. The van der Waals surface area contributed by atoms with E-state index in [1.807, 2.05) is 30.3 Å². The minimum Gasteiger partial charge on any atom is -0.354 e. The van der Waals surface area contributed by atoms with E-state index in [1.165, 1.54) is 11.1 Å². The molecule has 2 aromatic rings. The maximum atomic E-state index is 12.5. The Bertz CT molecular complexity index is 628. The summed E-state index contributed by atoms with van der Waals surface area (Å²) in [5.41, 5.74) is 8.91. The number of hydrogen-bond acceptors (Lipinski definition) is 3. The number of nitrogens with two attached hydrogens (primary N) is 1. The van der Waals surface area contributed by atoms with Gasteiger partial charge in [-0.3, -0.25) is 4.79 Å². The zero-order valence-corrected chi connectivity index (χ0v) is 13.8. The van der Waals surface area contributed by atoms with Crippen LogP contribution in [0.15, 0.2) is 53.4 Å². The highest BCUT2D eigenvalue weighted by Crippen LogP contribution is 2.37. The Morgan fingerprint density at radius 3 is 2.55 bits per heavy atom. The van der Waals surface area contributed by atoms with Gasteiger partial charge in [-0.05, 0) is 31.0 Å². The molecule has 0 aliphatic carbocycles. The zero-order chi connectivity index (χ0) is 15.9. The van der Waals surface area contributed by atoms with E-state index >= 15 is 0 Å². The number of aryl methyl sites for hydroxylation is 2. The van der Waals surface area contributed by atoms with E-state index in [2.05, 4.69) is 37.4 Å². The molecule has 2 rings (SSSR count). The molecule has 0 saturated carbocycles. The Morgan fingerprint density at radius 2 is 1.91 bits per heavy atom. The summed E-state index contributed by atoms with van der Waals surface area (Å²) < 4.78 is 0. The van der Waals surface area contributed by atoms with Crippen molar-refractivity contribution in [2.75, 3.05) is 13.1 Å². The fourth-order valence-electron chi connectivity index (χ4n) is 2.25. The van der Waals surface area contributed by atoms with Gasteiger partial charge >= 0.3 is 0 Å². The molecule has 0 heterocycles. The number of rotatable bonds is 6. The van der Waals surface area contributed by atoms with Gasteiger partial charge in [0.15, 0.2) is 0 Å². The molecule has 1 unspecified atom stereocenters. The van der Waals surface area contributed by atoms with Crippen molar-refractivity contribution in [1.82, 2.24) is 5.32 Å². The summed E-state index contributed by atoms with van der Waals surface area (Å²) in [6.07, 6.45) is 0. The molecule has 0 spiro atoms. The van der Waals surface area contributed by atoms with E-state index in [4.69, 9.17) is 5.73 Å². The highest BCUT2D eigenvalue weighted by atomic mass is 32.2. The summed E-state index contributed by atoms with van der Waals surface area (Å²) in [5, 5.41) is 2.63. The molecule has 0 fully saturated rings. The van der Waals surface area contributed by atoms with Crippen LogP contribution in [0.25, 0.3) is 0 Å². The summed E-state index contributed by atoms with van der Waals surface area (Å²) in [5.74, 6) is 0.00150. The van der Waals surface area contributed by atoms with Crippen molar-refractivity contribution in [2.45, 2.75) is 24.0 Å². The molecule has 1 amide bonds. The van der Waals surface area contributed by atoms with E-state index in [0.717, 1.165) is 10.5 Å². The van der Waals surface area contributed by atoms with E-state index in [9.17, 15) is 4.79 Å². The highest BCUT2D eigenvalue weighted by molar-refractivity contribution is 8.00. The second-order valence-electron chi connectivity index (χ2n) is 5.26. The summed E-state index contributed by atoms with van der Waals surface area (Å²) in [4.78, 5) is 13.6. The van der Waals surface area contributed by atoms with E-state index in [1.54, 1.807) is 11.8 Å². The fraction of sp³-hybridized carbons (Fsp3) is 0.278. The summed E-state index contributed by atoms with van der Waals surface area (Å²) >= 11 is 1.58. The van der Waals surface area contributed by atoms with Gasteiger partial charge in [0.25, 0.3) is 0 Å². The van der Waals surface area contributed by atoms with Gasteiger partial charge < -0.3 is 11.1 Å². The van der Waals surface area contributed by atoms with Crippen molar-refractivity contribution in [3.05, 3.63) is 65.2 Å². The Morgan fingerprint density at radius 1 is 1.18 bits per heavy atom. The van der Waals surface area contributed by atoms with Gasteiger partial charge in [-0.25, -0.2) is 0 Å². The second kappa shape index (κ2) is 8.01. The lowest BCUT2D eigenvalue weighted by Gasteiger charge is -2.18. The van der Waals surface area contributed by atoms with Gasteiger partial charge in [0.05, 0.1) is 0 Å². The van der Waals surface area contributed by atoms with Crippen molar-refractivity contribution >= 4 is 17.7 Å². The first-order chi connectivity index (χ1) is 10.6. The number of carbonyl (C=O) groups is 1. The van der Waals surface area contributed by atoms with Gasteiger partial charge in [-0.1, -0.05) is 48.0 Å². The first-order valence-electron chi connectivity index (χ1n) is 7.38. The number of nitrogens with one attached hydrogen (secondary N) is 1. The van der Waals surface area contributed by atoms with Gasteiger partial charge in [0.2, 0.25) is 5.91 Å². The number of thioether (sulfide) groups is 1. The average molecular weight is 314 g/mol. The van der Waals surface area contributed by atoms with Crippen molar-refractivity contribution < 1.29 is 4.79 Å². The molecule has 0 radical (unpaired) electrons. The van der Waals surface area contributed by atoms with Crippen LogP contribution in [0.2, 0.25) is 0 Å². The molecular formula is C18H22N2OS. The largest absolute Gasteiger partial charge is 0.354 e. The van der Waals surface area contributed by atoms with Crippen LogP contribution < -0.4 is 11.1 Å². The number of benzene rings is 2. The summed E-state index contributed by atoms with van der Waals surface area (Å²) in [6, 6.07) is 16.2. The Balaban J connectivity index is 2.26. The smallest absolute Gasteiger partial charge is 0.238 e. The molecule has 1 atom stereocenters. The lowest BCUT2D eigenvalue weighted by molar-refractivity contribution is -0.120. The Hall–Kier alpha value is -1.78. The predicted molar refractivity (Wildman–Crippen MR) is 93.0 cm³/mol. The van der Waals surface area contributed by atoms with Crippen LogP contribution in [-0.2, 0) is 4.79 Å². The topological polar surface area (TPSA) is 55.1 Å². The molecule has 0 aliphatic rings. The SMILES string of the molecule is Cc1ccc(SC(C(=O)NCCN)c2ccccc2)c(C)c1. The third kappa shape index (κ3) is 4.36. The Kier molecular flexibility index (Phi) is 6.04. The van der Waals surface area contributed by atoms with Gasteiger partial charge in [0, 0.05) is 18.0 Å². The molecule has 0 saturated heterocycles. The van der Waals surface area contributed by atoms with Crippen molar-refractivity contribution in [1.29, 1.82) is 0 Å². The lowest BCUT2D eigenvalue weighted by atomic mass is 10.1. The quantitative estimate of drug-likeness (QED) is 0.805. The van der Waals surface area contributed by atoms with Crippen molar-refractivity contribution in [2.24, 2.45) is 5.73 Å². The normalized spacial score (nSPS) is 12.0. The van der Waals surface area contributed by atoms with Gasteiger partial charge in [-0.15, -0.1) is 11.8 Å². The molecule has 3 nitrogen and oxygen atoms in total. The molecular weight excluding hydrogens is 292 g/mol. The van der Waals surface area contributed by atoms with E-state index in [-0.39, 0.29) is 11.2 Å². The van der Waals surface area contributed by atoms with Gasteiger partial charge in [-0.2, -0.15) is 0 Å². The minimum atomic E-state index is -0.269. The molecule has 3 N–H and O–H groups in total. The fourth-order valence-corrected chi connectivity index (χ4v) is 3.38.